The van der Waals surface area contributed by atoms with Gasteiger partial charge in [0.15, 0.2) is 6.61 Å². The summed E-state index contributed by atoms with van der Waals surface area (Å²) in [6.07, 6.45) is 0. The molecule has 0 unspecified atom stereocenters. The fraction of sp³-hybridized carbons (Fsp3) is 0.412. The topological polar surface area (TPSA) is 114 Å². The molecule has 0 radical (unpaired) electrons. The van der Waals surface area contributed by atoms with Crippen molar-refractivity contribution in [3.8, 4) is 0 Å². The average molecular weight is 384 g/mol. The molecule has 26 heavy (non-hydrogen) atoms. The normalized spacial score (nSPS) is 11.4. The average Bonchev–Trinajstić information content (AvgIpc) is 2.61. The van der Waals surface area contributed by atoms with E-state index < -0.39 is 30.4 Å². The molecular formula is C17H22ClN3O5. The van der Waals surface area contributed by atoms with Crippen molar-refractivity contribution in [1.82, 2.24) is 16.0 Å². The summed E-state index contributed by atoms with van der Waals surface area (Å²) in [5.74, 6) is -2.55. The Bertz CT molecular complexity index is 678. The molecule has 0 bridgehead atoms. The van der Waals surface area contributed by atoms with Crippen LogP contribution < -0.4 is 16.0 Å². The summed E-state index contributed by atoms with van der Waals surface area (Å²) in [5, 5.41) is 7.46. The minimum absolute atomic E-state index is 0.219. The van der Waals surface area contributed by atoms with Crippen molar-refractivity contribution < 1.29 is 23.9 Å². The number of amides is 3. The van der Waals surface area contributed by atoms with Crippen LogP contribution in [-0.4, -0.2) is 49.9 Å². The number of carbonyl (C=O) groups is 4. The molecule has 142 valence electrons. The van der Waals surface area contributed by atoms with E-state index in [4.69, 9.17) is 16.3 Å². The maximum Gasteiger partial charge on any atom is 0.329 e. The first-order valence-corrected chi connectivity index (χ1v) is 8.33. The van der Waals surface area contributed by atoms with Crippen LogP contribution in [0.2, 0.25) is 5.02 Å². The second-order valence-electron chi connectivity index (χ2n) is 5.73. The largest absolute Gasteiger partial charge is 0.454 e. The van der Waals surface area contributed by atoms with Gasteiger partial charge in [0, 0.05) is 7.05 Å². The van der Waals surface area contributed by atoms with Gasteiger partial charge in [-0.3, -0.25) is 14.4 Å². The van der Waals surface area contributed by atoms with Gasteiger partial charge in [-0.2, -0.15) is 0 Å². The Kier molecular flexibility index (Phi) is 8.57. The molecule has 1 atom stereocenters. The predicted octanol–water partition coefficient (Wildman–Crippen LogP) is 0.500. The van der Waals surface area contributed by atoms with Gasteiger partial charge in [0.05, 0.1) is 17.1 Å². The number of ether oxygens (including phenoxy) is 1. The van der Waals surface area contributed by atoms with E-state index in [0.717, 1.165) is 0 Å². The minimum Gasteiger partial charge on any atom is -0.454 e. The molecule has 3 amide bonds. The standard InChI is InChI=1S/C17H22ClN3O5/c1-10(2)15(21-16(24)11-6-4-5-7-12(11)18)17(25)26-9-14(23)20-8-13(22)19-3/h4-7,10,15H,8-9H2,1-3H3,(H,19,22)(H,20,23)(H,21,24)/t15-/m0/s1. The highest BCUT2D eigenvalue weighted by Crippen LogP contribution is 2.15. The number of rotatable bonds is 8. The molecule has 0 aliphatic heterocycles. The van der Waals surface area contributed by atoms with E-state index in [0.29, 0.717) is 0 Å². The lowest BCUT2D eigenvalue weighted by Gasteiger charge is -2.21. The number of hydrogen-bond donors (Lipinski definition) is 3. The van der Waals surface area contributed by atoms with E-state index in [1.807, 2.05) is 0 Å². The molecule has 0 aliphatic carbocycles. The van der Waals surface area contributed by atoms with Crippen LogP contribution in [0.4, 0.5) is 0 Å². The molecule has 9 heteroatoms. The van der Waals surface area contributed by atoms with E-state index in [9.17, 15) is 19.2 Å². The highest BCUT2D eigenvalue weighted by Gasteiger charge is 2.27. The summed E-state index contributed by atoms with van der Waals surface area (Å²) >= 11 is 5.97. The van der Waals surface area contributed by atoms with Gasteiger partial charge in [-0.05, 0) is 18.1 Å². The molecule has 0 saturated heterocycles. The summed E-state index contributed by atoms with van der Waals surface area (Å²) in [7, 11) is 1.43. The smallest absolute Gasteiger partial charge is 0.329 e. The van der Waals surface area contributed by atoms with Gasteiger partial charge in [-0.1, -0.05) is 37.6 Å². The molecule has 1 aromatic carbocycles. The lowest BCUT2D eigenvalue weighted by atomic mass is 10.0. The Morgan fingerprint density at radius 2 is 1.77 bits per heavy atom. The van der Waals surface area contributed by atoms with Gasteiger partial charge in [0.25, 0.3) is 11.8 Å². The number of esters is 1. The second-order valence-corrected chi connectivity index (χ2v) is 6.14. The monoisotopic (exact) mass is 383 g/mol. The van der Waals surface area contributed by atoms with Crippen molar-refractivity contribution >= 4 is 35.3 Å². The number of carbonyl (C=O) groups excluding carboxylic acids is 4. The molecule has 1 rings (SSSR count). The van der Waals surface area contributed by atoms with E-state index in [2.05, 4.69) is 16.0 Å². The maximum absolute atomic E-state index is 12.3. The van der Waals surface area contributed by atoms with Gasteiger partial charge >= 0.3 is 5.97 Å². The first-order valence-electron chi connectivity index (χ1n) is 7.95. The zero-order valence-corrected chi connectivity index (χ0v) is 15.6. The van der Waals surface area contributed by atoms with Crippen LogP contribution in [0, 0.1) is 5.92 Å². The highest BCUT2D eigenvalue weighted by atomic mass is 35.5. The maximum atomic E-state index is 12.3. The summed E-state index contributed by atoms with van der Waals surface area (Å²) < 4.78 is 4.93. The molecule has 0 spiro atoms. The third-order valence-electron chi connectivity index (χ3n) is 3.40. The second kappa shape index (κ2) is 10.4. The lowest BCUT2D eigenvalue weighted by Crippen LogP contribution is -2.46. The molecule has 0 aromatic heterocycles. The van der Waals surface area contributed by atoms with E-state index >= 15 is 0 Å². The summed E-state index contributed by atoms with van der Waals surface area (Å²) in [6.45, 7) is 2.68. The zero-order chi connectivity index (χ0) is 19.7. The number of hydrogen-bond acceptors (Lipinski definition) is 5. The van der Waals surface area contributed by atoms with Crippen molar-refractivity contribution in [3.05, 3.63) is 34.9 Å². The molecule has 8 nitrogen and oxygen atoms in total. The van der Waals surface area contributed by atoms with Crippen molar-refractivity contribution in [2.45, 2.75) is 19.9 Å². The van der Waals surface area contributed by atoms with Crippen molar-refractivity contribution in [2.75, 3.05) is 20.2 Å². The van der Waals surface area contributed by atoms with Gasteiger partial charge in [-0.15, -0.1) is 0 Å². The van der Waals surface area contributed by atoms with Crippen LogP contribution in [-0.2, 0) is 19.1 Å². The van der Waals surface area contributed by atoms with Crippen LogP contribution >= 0.6 is 11.6 Å². The SMILES string of the molecule is CNC(=O)CNC(=O)COC(=O)[C@@H](NC(=O)c1ccccc1Cl)C(C)C. The van der Waals surface area contributed by atoms with Gasteiger partial charge in [-0.25, -0.2) is 4.79 Å². The van der Waals surface area contributed by atoms with Crippen molar-refractivity contribution in [3.63, 3.8) is 0 Å². The Hall–Kier alpha value is -2.61. The third-order valence-corrected chi connectivity index (χ3v) is 3.73. The quantitative estimate of drug-likeness (QED) is 0.566. The lowest BCUT2D eigenvalue weighted by molar-refractivity contribution is -0.151. The van der Waals surface area contributed by atoms with Crippen LogP contribution in [0.3, 0.4) is 0 Å². The fourth-order valence-corrected chi connectivity index (χ4v) is 2.13. The van der Waals surface area contributed by atoms with E-state index in [1.54, 1.807) is 32.0 Å². The molecular weight excluding hydrogens is 362 g/mol. The van der Waals surface area contributed by atoms with Crippen LogP contribution in [0.25, 0.3) is 0 Å². The van der Waals surface area contributed by atoms with Gasteiger partial charge < -0.3 is 20.7 Å². The number of likely N-dealkylation sites (N-methyl/N-ethyl adjacent to an activating group) is 1. The molecule has 0 saturated carbocycles. The molecule has 3 N–H and O–H groups in total. The number of halogens is 1. The van der Waals surface area contributed by atoms with Crippen LogP contribution in [0.15, 0.2) is 24.3 Å². The number of nitrogens with one attached hydrogen (secondary N) is 3. The van der Waals surface area contributed by atoms with Gasteiger partial charge in [0.1, 0.15) is 6.04 Å². The van der Waals surface area contributed by atoms with Crippen LogP contribution in [0.5, 0.6) is 0 Å². The minimum atomic E-state index is -0.953. The molecule has 1 aromatic rings. The van der Waals surface area contributed by atoms with Crippen LogP contribution in [0.1, 0.15) is 24.2 Å². The molecule has 0 heterocycles. The van der Waals surface area contributed by atoms with Crippen molar-refractivity contribution in [2.24, 2.45) is 5.92 Å². The summed E-state index contributed by atoms with van der Waals surface area (Å²) in [4.78, 5) is 47.1. The Morgan fingerprint density at radius 1 is 1.12 bits per heavy atom. The first-order chi connectivity index (χ1) is 12.3. The highest BCUT2D eigenvalue weighted by molar-refractivity contribution is 6.33. The summed E-state index contributed by atoms with van der Waals surface area (Å²) in [5.41, 5.74) is 0.232. The third kappa shape index (κ3) is 6.72. The van der Waals surface area contributed by atoms with Crippen molar-refractivity contribution in [1.29, 1.82) is 0 Å². The van der Waals surface area contributed by atoms with E-state index in [1.165, 1.54) is 13.1 Å². The Labute approximate surface area is 156 Å². The summed E-state index contributed by atoms with van der Waals surface area (Å²) in [6, 6.07) is 5.48. The molecule has 0 aliphatic rings. The Morgan fingerprint density at radius 3 is 2.35 bits per heavy atom. The van der Waals surface area contributed by atoms with E-state index in [-0.39, 0.29) is 29.0 Å². The zero-order valence-electron chi connectivity index (χ0n) is 14.8. The number of benzene rings is 1. The predicted molar refractivity (Wildman–Crippen MR) is 95.6 cm³/mol. The van der Waals surface area contributed by atoms with Gasteiger partial charge in [0.2, 0.25) is 5.91 Å². The first kappa shape index (κ1) is 21.4. The fourth-order valence-electron chi connectivity index (χ4n) is 1.91. The Balaban J connectivity index is 2.62. The molecule has 0 fully saturated rings.